The second kappa shape index (κ2) is 8.35. The summed E-state index contributed by atoms with van der Waals surface area (Å²) in [6.07, 6.45) is 2.22. The number of carbonyl (C=O) groups excluding carboxylic acids is 2. The van der Waals surface area contributed by atoms with E-state index in [-0.39, 0.29) is 29.7 Å². The first kappa shape index (κ1) is 19.8. The number of nitro groups is 1. The monoisotopic (exact) mass is 386 g/mol. The third-order valence-electron chi connectivity index (χ3n) is 4.93. The molecule has 2 heterocycles. The van der Waals surface area contributed by atoms with Crippen LogP contribution < -0.4 is 0 Å². The number of nitro benzene ring substituents is 1. The molecule has 0 aliphatic carbocycles. The van der Waals surface area contributed by atoms with Crippen LogP contribution in [0.1, 0.15) is 44.9 Å². The van der Waals surface area contributed by atoms with Gasteiger partial charge in [-0.05, 0) is 44.9 Å². The van der Waals surface area contributed by atoms with Crippen molar-refractivity contribution in [2.24, 2.45) is 0 Å². The lowest BCUT2D eigenvalue weighted by Gasteiger charge is -2.14. The Kier molecular flexibility index (Phi) is 5.89. The Morgan fingerprint density at radius 2 is 2.00 bits per heavy atom. The van der Waals surface area contributed by atoms with Gasteiger partial charge in [-0.3, -0.25) is 14.9 Å². The van der Waals surface area contributed by atoms with Crippen LogP contribution in [0.2, 0.25) is 0 Å². The highest BCUT2D eigenvalue weighted by Gasteiger charge is 2.22. The van der Waals surface area contributed by atoms with E-state index in [0.717, 1.165) is 30.8 Å². The van der Waals surface area contributed by atoms with Gasteiger partial charge in [0.1, 0.15) is 0 Å². The van der Waals surface area contributed by atoms with Gasteiger partial charge in [-0.25, -0.2) is 4.79 Å². The van der Waals surface area contributed by atoms with Crippen molar-refractivity contribution in [3.05, 3.63) is 63.0 Å². The highest BCUT2D eigenvalue weighted by molar-refractivity contribution is 6.00. The fourth-order valence-corrected chi connectivity index (χ4v) is 3.37. The second-order valence-electron chi connectivity index (χ2n) is 6.83. The molecule has 1 aliphatic rings. The Labute approximate surface area is 162 Å². The molecule has 0 unspecified atom stereocenters. The van der Waals surface area contributed by atoms with E-state index in [1.165, 1.54) is 24.3 Å². The number of non-ortho nitro benzene ring substituents is 1. The van der Waals surface area contributed by atoms with Crippen molar-refractivity contribution in [2.75, 3.05) is 13.2 Å². The lowest BCUT2D eigenvalue weighted by Crippen LogP contribution is -2.18. The SMILES string of the molecule is Cc1cc(C(=O)COC(=O)c2ccc([N+](=O)[O-])cc2)c(C)n1C[C@H]1CCCO1. The van der Waals surface area contributed by atoms with Gasteiger partial charge in [-0.15, -0.1) is 0 Å². The summed E-state index contributed by atoms with van der Waals surface area (Å²) >= 11 is 0. The minimum Gasteiger partial charge on any atom is -0.454 e. The van der Waals surface area contributed by atoms with E-state index in [1.807, 2.05) is 13.8 Å². The number of aromatic nitrogens is 1. The summed E-state index contributed by atoms with van der Waals surface area (Å²) in [6.45, 7) is 4.89. The van der Waals surface area contributed by atoms with Crippen molar-refractivity contribution in [3.8, 4) is 0 Å². The average molecular weight is 386 g/mol. The van der Waals surface area contributed by atoms with Gasteiger partial charge >= 0.3 is 5.97 Å². The maximum atomic E-state index is 12.5. The first-order chi connectivity index (χ1) is 13.4. The van der Waals surface area contributed by atoms with Gasteiger partial charge in [0, 0.05) is 42.2 Å². The van der Waals surface area contributed by atoms with Gasteiger partial charge in [0.05, 0.1) is 16.6 Å². The largest absolute Gasteiger partial charge is 0.454 e. The summed E-state index contributed by atoms with van der Waals surface area (Å²) in [5.74, 6) is -0.988. The van der Waals surface area contributed by atoms with Crippen molar-refractivity contribution in [2.45, 2.75) is 39.3 Å². The molecule has 3 rings (SSSR count). The number of benzene rings is 1. The molecule has 8 heteroatoms. The smallest absolute Gasteiger partial charge is 0.338 e. The van der Waals surface area contributed by atoms with Crippen molar-refractivity contribution in [1.82, 2.24) is 4.57 Å². The Balaban J connectivity index is 1.62. The van der Waals surface area contributed by atoms with Gasteiger partial charge in [-0.1, -0.05) is 0 Å². The molecule has 1 fully saturated rings. The highest BCUT2D eigenvalue weighted by Crippen LogP contribution is 2.21. The molecule has 0 amide bonds. The molecular formula is C20H22N2O6. The van der Waals surface area contributed by atoms with E-state index < -0.39 is 10.9 Å². The molecule has 1 aliphatic heterocycles. The predicted molar refractivity (Wildman–Crippen MR) is 101 cm³/mol. The van der Waals surface area contributed by atoms with E-state index in [2.05, 4.69) is 4.57 Å². The first-order valence-corrected chi connectivity index (χ1v) is 9.10. The molecule has 1 aromatic carbocycles. The number of esters is 1. The Morgan fingerprint density at radius 3 is 2.61 bits per heavy atom. The molecular weight excluding hydrogens is 364 g/mol. The van der Waals surface area contributed by atoms with Gasteiger partial charge in [-0.2, -0.15) is 0 Å². The zero-order valence-electron chi connectivity index (χ0n) is 15.8. The van der Waals surface area contributed by atoms with Crippen LogP contribution in [0.15, 0.2) is 30.3 Å². The van der Waals surface area contributed by atoms with Crippen LogP contribution in [-0.4, -0.2) is 40.6 Å². The summed E-state index contributed by atoms with van der Waals surface area (Å²) < 4.78 is 12.8. The van der Waals surface area contributed by atoms with E-state index in [1.54, 1.807) is 6.07 Å². The molecule has 1 saturated heterocycles. The molecule has 2 aromatic rings. The van der Waals surface area contributed by atoms with Crippen LogP contribution in [0, 0.1) is 24.0 Å². The first-order valence-electron chi connectivity index (χ1n) is 9.10. The summed E-state index contributed by atoms with van der Waals surface area (Å²) in [4.78, 5) is 34.7. The van der Waals surface area contributed by atoms with Crippen LogP contribution in [-0.2, 0) is 16.0 Å². The van der Waals surface area contributed by atoms with Crippen LogP contribution in [0.3, 0.4) is 0 Å². The molecule has 0 spiro atoms. The second-order valence-corrected chi connectivity index (χ2v) is 6.83. The molecule has 8 nitrogen and oxygen atoms in total. The summed E-state index contributed by atoms with van der Waals surface area (Å²) in [5, 5.41) is 10.7. The summed E-state index contributed by atoms with van der Waals surface area (Å²) in [6, 6.07) is 6.84. The Bertz CT molecular complexity index is 894. The maximum absolute atomic E-state index is 12.5. The van der Waals surface area contributed by atoms with Crippen molar-refractivity contribution >= 4 is 17.4 Å². The van der Waals surface area contributed by atoms with Gasteiger partial charge in [0.25, 0.3) is 5.69 Å². The predicted octanol–water partition coefficient (Wildman–Crippen LogP) is 3.23. The van der Waals surface area contributed by atoms with Crippen LogP contribution in [0.25, 0.3) is 0 Å². The van der Waals surface area contributed by atoms with Crippen molar-refractivity contribution in [1.29, 1.82) is 0 Å². The molecule has 0 N–H and O–H groups in total. The van der Waals surface area contributed by atoms with E-state index in [9.17, 15) is 19.7 Å². The van der Waals surface area contributed by atoms with Gasteiger partial charge < -0.3 is 14.0 Å². The Morgan fingerprint density at radius 1 is 1.29 bits per heavy atom. The number of hydrogen-bond donors (Lipinski definition) is 0. The third kappa shape index (κ3) is 4.28. The number of hydrogen-bond acceptors (Lipinski definition) is 6. The zero-order chi connectivity index (χ0) is 20.3. The third-order valence-corrected chi connectivity index (χ3v) is 4.93. The van der Waals surface area contributed by atoms with Gasteiger partial charge in [0.15, 0.2) is 6.61 Å². The van der Waals surface area contributed by atoms with Crippen molar-refractivity contribution < 1.29 is 24.0 Å². The number of ketones is 1. The number of nitrogens with zero attached hydrogens (tertiary/aromatic N) is 2. The van der Waals surface area contributed by atoms with Crippen LogP contribution in [0.5, 0.6) is 0 Å². The molecule has 1 aromatic heterocycles. The van der Waals surface area contributed by atoms with E-state index in [4.69, 9.17) is 9.47 Å². The number of ether oxygens (including phenoxy) is 2. The Hall–Kier alpha value is -3.00. The average Bonchev–Trinajstić information content (AvgIpc) is 3.29. The quantitative estimate of drug-likeness (QED) is 0.313. The topological polar surface area (TPSA) is 101 Å². The number of rotatable bonds is 7. The molecule has 1 atom stereocenters. The number of Topliss-reactive ketones (excluding diaryl/α,β-unsaturated/α-hetero) is 1. The maximum Gasteiger partial charge on any atom is 0.338 e. The fourth-order valence-electron chi connectivity index (χ4n) is 3.37. The molecule has 0 saturated carbocycles. The zero-order valence-corrected chi connectivity index (χ0v) is 15.8. The molecule has 28 heavy (non-hydrogen) atoms. The van der Waals surface area contributed by atoms with Crippen molar-refractivity contribution in [3.63, 3.8) is 0 Å². The fraction of sp³-hybridized carbons (Fsp3) is 0.400. The molecule has 0 radical (unpaired) electrons. The van der Waals surface area contributed by atoms with E-state index in [0.29, 0.717) is 12.1 Å². The number of aryl methyl sites for hydroxylation is 1. The lowest BCUT2D eigenvalue weighted by atomic mass is 10.1. The molecule has 148 valence electrons. The minimum atomic E-state index is -0.698. The highest BCUT2D eigenvalue weighted by atomic mass is 16.6. The molecule has 0 bridgehead atoms. The van der Waals surface area contributed by atoms with Crippen LogP contribution in [0.4, 0.5) is 5.69 Å². The van der Waals surface area contributed by atoms with E-state index >= 15 is 0 Å². The van der Waals surface area contributed by atoms with Gasteiger partial charge in [0.2, 0.25) is 5.78 Å². The summed E-state index contributed by atoms with van der Waals surface area (Å²) in [7, 11) is 0. The van der Waals surface area contributed by atoms with Crippen LogP contribution >= 0.6 is 0 Å². The minimum absolute atomic E-state index is 0.119. The number of carbonyl (C=O) groups is 2. The lowest BCUT2D eigenvalue weighted by molar-refractivity contribution is -0.384. The normalized spacial score (nSPS) is 16.1. The standard InChI is InChI=1S/C20H22N2O6/c1-13-10-18(14(2)21(13)11-17-4-3-9-27-17)19(23)12-28-20(24)15-5-7-16(8-6-15)22(25)26/h5-8,10,17H,3-4,9,11-12H2,1-2H3/t17-/m1/s1. The summed E-state index contributed by atoms with van der Waals surface area (Å²) in [5.41, 5.74) is 2.34.